The predicted molar refractivity (Wildman–Crippen MR) is 62.0 cm³/mol. The molecule has 0 aromatic carbocycles. The molecule has 1 saturated heterocycles. The number of urea groups is 1. The number of hydrogen-bond acceptors (Lipinski definition) is 3. The van der Waals surface area contributed by atoms with Crippen LogP contribution < -0.4 is 5.32 Å². The average molecular weight is 230 g/mol. The van der Waals surface area contributed by atoms with Gasteiger partial charge in [0.1, 0.15) is 5.54 Å². The zero-order valence-corrected chi connectivity index (χ0v) is 10.3. The zero-order valence-electron chi connectivity index (χ0n) is 9.41. The quantitative estimate of drug-likeness (QED) is 0.564. The van der Waals surface area contributed by atoms with Gasteiger partial charge >= 0.3 is 6.03 Å². The molecule has 0 aromatic heterocycles. The van der Waals surface area contributed by atoms with Crippen molar-refractivity contribution >= 4 is 24.6 Å². The van der Waals surface area contributed by atoms with Gasteiger partial charge in [-0.25, -0.2) is 4.79 Å². The standard InChI is InChI=1S/C10H18N2O2S/c1-4-7(6-15)5-12-8(13)10(2,3)11-9(12)14/h7,15H,4-6H2,1-3H3,(H,11,14). The number of nitrogens with one attached hydrogen (secondary N) is 1. The van der Waals surface area contributed by atoms with Crippen molar-refractivity contribution in [2.24, 2.45) is 5.92 Å². The van der Waals surface area contributed by atoms with Gasteiger partial charge in [0.2, 0.25) is 0 Å². The third kappa shape index (κ3) is 2.45. The van der Waals surface area contributed by atoms with Crippen LogP contribution in [0.1, 0.15) is 27.2 Å². The van der Waals surface area contributed by atoms with E-state index in [9.17, 15) is 9.59 Å². The van der Waals surface area contributed by atoms with Crippen molar-refractivity contribution < 1.29 is 9.59 Å². The van der Waals surface area contributed by atoms with Crippen LogP contribution in [0.15, 0.2) is 0 Å². The highest BCUT2D eigenvalue weighted by atomic mass is 32.1. The minimum atomic E-state index is -0.758. The summed E-state index contributed by atoms with van der Waals surface area (Å²) in [5.74, 6) is 0.818. The first kappa shape index (κ1) is 12.4. The van der Waals surface area contributed by atoms with E-state index in [4.69, 9.17) is 0 Å². The number of imide groups is 1. The van der Waals surface area contributed by atoms with E-state index in [1.54, 1.807) is 13.8 Å². The van der Waals surface area contributed by atoms with Crippen LogP contribution in [0, 0.1) is 5.92 Å². The molecule has 0 spiro atoms. The fourth-order valence-corrected chi connectivity index (χ4v) is 1.93. The van der Waals surface area contributed by atoms with Crippen LogP contribution in [0.5, 0.6) is 0 Å². The second-order valence-electron chi connectivity index (χ2n) is 4.43. The van der Waals surface area contributed by atoms with E-state index < -0.39 is 5.54 Å². The van der Waals surface area contributed by atoms with Crippen molar-refractivity contribution in [2.75, 3.05) is 12.3 Å². The SMILES string of the molecule is CCC(CS)CN1C(=O)NC(C)(C)C1=O. The van der Waals surface area contributed by atoms with E-state index in [1.807, 2.05) is 6.92 Å². The summed E-state index contributed by atoms with van der Waals surface area (Å²) in [6.45, 7) is 5.93. The molecule has 1 unspecified atom stereocenters. The molecule has 0 bridgehead atoms. The monoisotopic (exact) mass is 230 g/mol. The van der Waals surface area contributed by atoms with E-state index >= 15 is 0 Å². The Bertz CT molecular complexity index is 275. The van der Waals surface area contributed by atoms with Crippen molar-refractivity contribution in [3.63, 3.8) is 0 Å². The molecular weight excluding hydrogens is 212 g/mol. The van der Waals surface area contributed by atoms with Crippen LogP contribution in [0.25, 0.3) is 0 Å². The van der Waals surface area contributed by atoms with Gasteiger partial charge in [-0.15, -0.1) is 0 Å². The van der Waals surface area contributed by atoms with Crippen LogP contribution >= 0.6 is 12.6 Å². The summed E-state index contributed by atoms with van der Waals surface area (Å²) in [5.41, 5.74) is -0.758. The van der Waals surface area contributed by atoms with Gasteiger partial charge < -0.3 is 5.32 Å². The minimum absolute atomic E-state index is 0.146. The number of rotatable bonds is 4. The number of nitrogens with zero attached hydrogens (tertiary/aromatic N) is 1. The summed E-state index contributed by atoms with van der Waals surface area (Å²) in [4.78, 5) is 24.7. The Labute approximate surface area is 95.8 Å². The number of carbonyl (C=O) groups excluding carboxylic acids is 2. The molecule has 86 valence electrons. The smallest absolute Gasteiger partial charge is 0.324 e. The third-order valence-corrected chi connectivity index (χ3v) is 3.24. The van der Waals surface area contributed by atoms with Crippen LogP contribution in [-0.2, 0) is 4.79 Å². The summed E-state index contributed by atoms with van der Waals surface area (Å²) in [7, 11) is 0. The van der Waals surface area contributed by atoms with Gasteiger partial charge in [0.25, 0.3) is 5.91 Å². The van der Waals surface area contributed by atoms with Crippen molar-refractivity contribution in [1.82, 2.24) is 10.2 Å². The lowest BCUT2D eigenvalue weighted by Gasteiger charge is -2.20. The molecule has 1 N–H and O–H groups in total. The van der Waals surface area contributed by atoms with E-state index in [-0.39, 0.29) is 17.9 Å². The number of thiol groups is 1. The Balaban J connectivity index is 2.71. The summed E-state index contributed by atoms with van der Waals surface area (Å²) in [6, 6.07) is -0.287. The second kappa shape index (κ2) is 4.43. The fraction of sp³-hybridized carbons (Fsp3) is 0.800. The Kier molecular flexibility index (Phi) is 3.65. The van der Waals surface area contributed by atoms with Gasteiger partial charge in [0, 0.05) is 6.54 Å². The van der Waals surface area contributed by atoms with Gasteiger partial charge in [0.05, 0.1) is 0 Å². The molecule has 15 heavy (non-hydrogen) atoms. The molecule has 3 amide bonds. The molecule has 0 aromatic rings. The molecule has 1 heterocycles. The highest BCUT2D eigenvalue weighted by Gasteiger charge is 2.44. The maximum atomic E-state index is 11.8. The van der Waals surface area contributed by atoms with Crippen molar-refractivity contribution in [3.05, 3.63) is 0 Å². The molecule has 4 nitrogen and oxygen atoms in total. The second-order valence-corrected chi connectivity index (χ2v) is 4.79. The molecular formula is C10H18N2O2S. The summed E-state index contributed by atoms with van der Waals surface area (Å²) < 4.78 is 0. The van der Waals surface area contributed by atoms with E-state index in [0.717, 1.165) is 6.42 Å². The number of amides is 3. The topological polar surface area (TPSA) is 49.4 Å². The largest absolute Gasteiger partial charge is 0.325 e. The first-order chi connectivity index (χ1) is 6.92. The van der Waals surface area contributed by atoms with E-state index in [2.05, 4.69) is 17.9 Å². The molecule has 0 aliphatic carbocycles. The van der Waals surface area contributed by atoms with Gasteiger partial charge in [-0.05, 0) is 25.5 Å². The zero-order chi connectivity index (χ0) is 11.6. The summed E-state index contributed by atoms with van der Waals surface area (Å²) in [5, 5.41) is 2.66. The molecule has 1 fully saturated rings. The predicted octanol–water partition coefficient (Wildman–Crippen LogP) is 1.27. The van der Waals surface area contributed by atoms with Crippen molar-refractivity contribution in [2.45, 2.75) is 32.7 Å². The molecule has 0 radical (unpaired) electrons. The Morgan fingerprint density at radius 3 is 2.40 bits per heavy atom. The third-order valence-electron chi connectivity index (χ3n) is 2.72. The Morgan fingerprint density at radius 1 is 1.47 bits per heavy atom. The van der Waals surface area contributed by atoms with Crippen molar-refractivity contribution in [3.8, 4) is 0 Å². The molecule has 1 aliphatic heterocycles. The summed E-state index contributed by atoms with van der Waals surface area (Å²) >= 11 is 4.20. The van der Waals surface area contributed by atoms with Gasteiger partial charge in [-0.1, -0.05) is 13.3 Å². The minimum Gasteiger partial charge on any atom is -0.324 e. The summed E-state index contributed by atoms with van der Waals surface area (Å²) in [6.07, 6.45) is 0.918. The highest BCUT2D eigenvalue weighted by Crippen LogP contribution is 2.19. The number of hydrogen-bond donors (Lipinski definition) is 2. The fourth-order valence-electron chi connectivity index (χ4n) is 1.56. The average Bonchev–Trinajstić information content (AvgIpc) is 2.35. The Hall–Kier alpha value is -0.710. The van der Waals surface area contributed by atoms with Crippen LogP contribution in [-0.4, -0.2) is 34.7 Å². The van der Waals surface area contributed by atoms with E-state index in [0.29, 0.717) is 12.3 Å². The first-order valence-electron chi connectivity index (χ1n) is 5.17. The van der Waals surface area contributed by atoms with Gasteiger partial charge in [0.15, 0.2) is 0 Å². The molecule has 1 rings (SSSR count). The van der Waals surface area contributed by atoms with Crippen molar-refractivity contribution in [1.29, 1.82) is 0 Å². The number of carbonyl (C=O) groups is 2. The molecule has 1 atom stereocenters. The molecule has 0 saturated carbocycles. The normalized spacial score (nSPS) is 21.7. The van der Waals surface area contributed by atoms with Gasteiger partial charge in [-0.2, -0.15) is 12.6 Å². The highest BCUT2D eigenvalue weighted by molar-refractivity contribution is 7.80. The molecule has 5 heteroatoms. The van der Waals surface area contributed by atoms with Crippen LogP contribution in [0.4, 0.5) is 4.79 Å². The first-order valence-corrected chi connectivity index (χ1v) is 5.80. The van der Waals surface area contributed by atoms with Gasteiger partial charge in [-0.3, -0.25) is 9.69 Å². The lowest BCUT2D eigenvalue weighted by molar-refractivity contribution is -0.130. The lowest BCUT2D eigenvalue weighted by atomic mass is 10.1. The maximum absolute atomic E-state index is 11.8. The molecule has 1 aliphatic rings. The Morgan fingerprint density at radius 2 is 2.07 bits per heavy atom. The maximum Gasteiger partial charge on any atom is 0.325 e. The van der Waals surface area contributed by atoms with Crippen LogP contribution in [0.2, 0.25) is 0 Å². The van der Waals surface area contributed by atoms with E-state index in [1.165, 1.54) is 4.90 Å². The van der Waals surface area contributed by atoms with Crippen LogP contribution in [0.3, 0.4) is 0 Å². The lowest BCUT2D eigenvalue weighted by Crippen LogP contribution is -2.41.